The Kier molecular flexibility index (Phi) is 6.36. The third-order valence-corrected chi connectivity index (χ3v) is 3.87. The van der Waals surface area contributed by atoms with Crippen molar-refractivity contribution in [3.63, 3.8) is 0 Å². The highest BCUT2D eigenvalue weighted by Crippen LogP contribution is 2.12. The smallest absolute Gasteiger partial charge is 0.410 e. The van der Waals surface area contributed by atoms with Crippen LogP contribution in [0.25, 0.3) is 0 Å². The molecule has 7 nitrogen and oxygen atoms in total. The summed E-state index contributed by atoms with van der Waals surface area (Å²) in [4.78, 5) is 32.1. The van der Waals surface area contributed by atoms with Gasteiger partial charge in [-0.3, -0.25) is 14.7 Å². The van der Waals surface area contributed by atoms with Gasteiger partial charge in [-0.15, -0.1) is 0 Å². The molecule has 1 aliphatic rings. The Bertz CT molecular complexity index is 587. The number of nitrogens with one attached hydrogen (secondary N) is 1. The van der Waals surface area contributed by atoms with Gasteiger partial charge in [-0.1, -0.05) is 0 Å². The molecule has 0 spiro atoms. The fourth-order valence-electron chi connectivity index (χ4n) is 2.51. The largest absolute Gasteiger partial charge is 0.444 e. The first-order valence-corrected chi connectivity index (χ1v) is 8.66. The Morgan fingerprint density at radius 3 is 2.44 bits per heavy atom. The molecule has 7 heteroatoms. The second-order valence-corrected chi connectivity index (χ2v) is 7.30. The molecule has 2 amide bonds. The van der Waals surface area contributed by atoms with Crippen molar-refractivity contribution in [3.05, 3.63) is 24.0 Å². The molecule has 0 unspecified atom stereocenters. The molecule has 0 radical (unpaired) electrons. The van der Waals surface area contributed by atoms with Crippen LogP contribution in [0.1, 0.15) is 32.9 Å². The highest BCUT2D eigenvalue weighted by Gasteiger charge is 2.25. The number of rotatable bonds is 4. The zero-order valence-corrected chi connectivity index (χ0v) is 15.5. The van der Waals surface area contributed by atoms with Crippen LogP contribution in [0.4, 0.5) is 10.5 Å². The molecule has 1 aromatic heterocycles. The molecule has 1 saturated heterocycles. The van der Waals surface area contributed by atoms with Gasteiger partial charge in [-0.05, 0) is 39.8 Å². The van der Waals surface area contributed by atoms with Gasteiger partial charge in [0.1, 0.15) is 5.60 Å². The number of carbonyl (C=O) groups is 2. The number of pyridine rings is 1. The minimum atomic E-state index is -0.475. The number of hydrogen-bond acceptors (Lipinski definition) is 5. The van der Waals surface area contributed by atoms with E-state index in [4.69, 9.17) is 4.74 Å². The summed E-state index contributed by atoms with van der Waals surface area (Å²) in [6.07, 6.45) is 1.81. The molecule has 0 atom stereocenters. The van der Waals surface area contributed by atoms with Crippen LogP contribution in [-0.4, -0.2) is 65.1 Å². The van der Waals surface area contributed by atoms with Gasteiger partial charge in [-0.2, -0.15) is 0 Å². The Hall–Kier alpha value is -2.15. The van der Waals surface area contributed by atoms with Crippen LogP contribution < -0.4 is 5.32 Å². The van der Waals surface area contributed by atoms with Crippen LogP contribution in [0, 0.1) is 6.92 Å². The topological polar surface area (TPSA) is 74.8 Å². The average Bonchev–Trinajstić information content (AvgIpc) is 2.54. The molecule has 2 rings (SSSR count). The molecule has 1 aliphatic heterocycles. The van der Waals surface area contributed by atoms with Crippen molar-refractivity contribution < 1.29 is 14.3 Å². The van der Waals surface area contributed by atoms with Crippen LogP contribution in [0.5, 0.6) is 0 Å². The molecular weight excluding hydrogens is 320 g/mol. The van der Waals surface area contributed by atoms with E-state index in [-0.39, 0.29) is 12.0 Å². The van der Waals surface area contributed by atoms with Gasteiger partial charge in [0.25, 0.3) is 0 Å². The monoisotopic (exact) mass is 348 g/mol. The summed E-state index contributed by atoms with van der Waals surface area (Å²) in [7, 11) is 0. The maximum absolute atomic E-state index is 12.0. The molecule has 0 aromatic carbocycles. The van der Waals surface area contributed by atoms with E-state index in [1.165, 1.54) is 0 Å². The summed E-state index contributed by atoms with van der Waals surface area (Å²) >= 11 is 0. The number of hydrogen-bond donors (Lipinski definition) is 1. The maximum atomic E-state index is 12.0. The lowest BCUT2D eigenvalue weighted by Gasteiger charge is -2.35. The molecule has 1 fully saturated rings. The SMILES string of the molecule is Cc1ccc(NC(=O)CCN2CCN(C(=O)OC(C)(C)C)CC2)cn1. The number of anilines is 1. The predicted octanol–water partition coefficient (Wildman–Crippen LogP) is 2.27. The maximum Gasteiger partial charge on any atom is 0.410 e. The van der Waals surface area contributed by atoms with Gasteiger partial charge in [-0.25, -0.2) is 4.79 Å². The van der Waals surface area contributed by atoms with E-state index in [0.717, 1.165) is 18.8 Å². The van der Waals surface area contributed by atoms with Crippen molar-refractivity contribution in [2.75, 3.05) is 38.0 Å². The number of carbonyl (C=O) groups excluding carboxylic acids is 2. The van der Waals surface area contributed by atoms with Gasteiger partial charge < -0.3 is 15.0 Å². The van der Waals surface area contributed by atoms with E-state index in [1.807, 2.05) is 39.8 Å². The quantitative estimate of drug-likeness (QED) is 0.903. The summed E-state index contributed by atoms with van der Waals surface area (Å²) in [6.45, 7) is 10.9. The standard InChI is InChI=1S/C18H28N4O3/c1-14-5-6-15(13-19-14)20-16(23)7-8-21-9-11-22(12-10-21)17(24)25-18(2,3)4/h5-6,13H,7-12H2,1-4H3,(H,20,23). The zero-order chi connectivity index (χ0) is 18.4. The number of piperazine rings is 1. The fraction of sp³-hybridized carbons (Fsp3) is 0.611. The Morgan fingerprint density at radius 1 is 1.20 bits per heavy atom. The van der Waals surface area contributed by atoms with Crippen LogP contribution in [-0.2, 0) is 9.53 Å². The molecule has 0 aliphatic carbocycles. The molecule has 0 bridgehead atoms. The van der Waals surface area contributed by atoms with Gasteiger partial charge in [0.05, 0.1) is 11.9 Å². The first kappa shape index (κ1) is 19.2. The van der Waals surface area contributed by atoms with Crippen molar-refractivity contribution in [3.8, 4) is 0 Å². The number of amides is 2. The lowest BCUT2D eigenvalue weighted by Crippen LogP contribution is -2.50. The predicted molar refractivity (Wildman–Crippen MR) is 96.5 cm³/mol. The van der Waals surface area contributed by atoms with E-state index in [0.29, 0.717) is 31.7 Å². The Labute approximate surface area is 149 Å². The number of nitrogens with zero attached hydrogens (tertiary/aromatic N) is 3. The van der Waals surface area contributed by atoms with Crippen molar-refractivity contribution in [1.29, 1.82) is 0 Å². The normalized spacial score (nSPS) is 15.8. The van der Waals surface area contributed by atoms with E-state index in [2.05, 4.69) is 15.2 Å². The van der Waals surface area contributed by atoms with Crippen molar-refractivity contribution in [1.82, 2.24) is 14.8 Å². The summed E-state index contributed by atoms with van der Waals surface area (Å²) in [5.41, 5.74) is 1.16. The van der Waals surface area contributed by atoms with Gasteiger partial charge in [0, 0.05) is 44.8 Å². The lowest BCUT2D eigenvalue weighted by molar-refractivity contribution is -0.116. The van der Waals surface area contributed by atoms with Crippen molar-refractivity contribution in [2.45, 2.75) is 39.7 Å². The van der Waals surface area contributed by atoms with Crippen molar-refractivity contribution in [2.24, 2.45) is 0 Å². The highest BCUT2D eigenvalue weighted by atomic mass is 16.6. The lowest BCUT2D eigenvalue weighted by atomic mass is 10.2. The minimum absolute atomic E-state index is 0.0276. The third-order valence-electron chi connectivity index (χ3n) is 3.87. The van der Waals surface area contributed by atoms with Crippen LogP contribution in [0.2, 0.25) is 0 Å². The van der Waals surface area contributed by atoms with Crippen LogP contribution in [0.15, 0.2) is 18.3 Å². The Morgan fingerprint density at radius 2 is 1.88 bits per heavy atom. The molecular formula is C18H28N4O3. The molecule has 138 valence electrons. The van der Waals surface area contributed by atoms with Crippen molar-refractivity contribution >= 4 is 17.7 Å². The first-order valence-electron chi connectivity index (χ1n) is 8.66. The van der Waals surface area contributed by atoms with Crippen LogP contribution >= 0.6 is 0 Å². The van der Waals surface area contributed by atoms with Gasteiger partial charge in [0.2, 0.25) is 5.91 Å². The molecule has 25 heavy (non-hydrogen) atoms. The molecule has 0 saturated carbocycles. The third kappa shape index (κ3) is 6.70. The van der Waals surface area contributed by atoms with E-state index in [1.54, 1.807) is 11.1 Å². The molecule has 2 heterocycles. The number of aryl methyl sites for hydroxylation is 1. The first-order chi connectivity index (χ1) is 11.7. The van der Waals surface area contributed by atoms with Gasteiger partial charge in [0.15, 0.2) is 0 Å². The fourth-order valence-corrected chi connectivity index (χ4v) is 2.51. The zero-order valence-electron chi connectivity index (χ0n) is 15.5. The van der Waals surface area contributed by atoms with E-state index >= 15 is 0 Å². The number of aromatic nitrogens is 1. The van der Waals surface area contributed by atoms with E-state index in [9.17, 15) is 9.59 Å². The summed E-state index contributed by atoms with van der Waals surface area (Å²) in [5, 5.41) is 2.85. The summed E-state index contributed by atoms with van der Waals surface area (Å²) < 4.78 is 5.38. The Balaban J connectivity index is 1.69. The van der Waals surface area contributed by atoms with E-state index < -0.39 is 5.60 Å². The summed E-state index contributed by atoms with van der Waals surface area (Å²) in [6, 6.07) is 3.71. The second kappa shape index (κ2) is 8.29. The summed E-state index contributed by atoms with van der Waals surface area (Å²) in [5.74, 6) is -0.0276. The number of ether oxygens (including phenoxy) is 1. The highest BCUT2D eigenvalue weighted by molar-refractivity contribution is 5.90. The van der Waals surface area contributed by atoms with Gasteiger partial charge >= 0.3 is 6.09 Å². The molecule has 1 N–H and O–H groups in total. The second-order valence-electron chi connectivity index (χ2n) is 7.30. The minimum Gasteiger partial charge on any atom is -0.444 e. The molecule has 1 aromatic rings. The average molecular weight is 348 g/mol. The van der Waals surface area contributed by atoms with Crippen LogP contribution in [0.3, 0.4) is 0 Å².